The van der Waals surface area contributed by atoms with Crippen molar-refractivity contribution in [2.24, 2.45) is 29.6 Å². The molecule has 0 unspecified atom stereocenters. The summed E-state index contributed by atoms with van der Waals surface area (Å²) in [6.45, 7) is 0. The number of carbonyl (C=O) groups excluding carboxylic acids is 1. The molecule has 2 heterocycles. The fourth-order valence-electron chi connectivity index (χ4n) is 8.41. The highest BCUT2D eigenvalue weighted by atomic mass is 35.5. The van der Waals surface area contributed by atoms with Crippen LogP contribution in [0.25, 0.3) is 10.9 Å². The molecule has 8 heteroatoms. The second-order valence-electron chi connectivity index (χ2n) is 12.7. The van der Waals surface area contributed by atoms with Crippen LogP contribution in [0, 0.1) is 29.6 Å². The third-order valence-corrected chi connectivity index (χ3v) is 10.4. The second kappa shape index (κ2) is 9.41. The zero-order valence-corrected chi connectivity index (χ0v) is 23.2. The van der Waals surface area contributed by atoms with Gasteiger partial charge in [-0.05, 0) is 99.2 Å². The molecule has 7 nitrogen and oxygen atoms in total. The van der Waals surface area contributed by atoms with Gasteiger partial charge in [-0.2, -0.15) is 9.78 Å². The molecular formula is C32H34ClN3O4. The van der Waals surface area contributed by atoms with Gasteiger partial charge in [0.1, 0.15) is 0 Å². The van der Waals surface area contributed by atoms with Crippen molar-refractivity contribution in [2.75, 3.05) is 10.6 Å². The molecule has 2 aromatic carbocycles. The summed E-state index contributed by atoms with van der Waals surface area (Å²) in [6, 6.07) is 15.3. The zero-order valence-electron chi connectivity index (χ0n) is 22.4. The van der Waals surface area contributed by atoms with Crippen LogP contribution in [0.5, 0.6) is 0 Å². The van der Waals surface area contributed by atoms with Gasteiger partial charge in [-0.15, -0.1) is 0 Å². The van der Waals surface area contributed by atoms with Gasteiger partial charge in [0.2, 0.25) is 17.5 Å². The summed E-state index contributed by atoms with van der Waals surface area (Å²) in [7, 11) is 0. The van der Waals surface area contributed by atoms with Crippen molar-refractivity contribution in [1.82, 2.24) is 4.98 Å². The molecule has 4 bridgehead atoms. The van der Waals surface area contributed by atoms with E-state index < -0.39 is 11.6 Å². The monoisotopic (exact) mass is 559 g/mol. The predicted molar refractivity (Wildman–Crippen MR) is 153 cm³/mol. The Labute approximate surface area is 238 Å². The zero-order chi connectivity index (χ0) is 26.9. The lowest BCUT2D eigenvalue weighted by atomic mass is 9.53. The predicted octanol–water partition coefficient (Wildman–Crippen LogP) is 7.59. The lowest BCUT2D eigenvalue weighted by molar-refractivity contribution is -0.390. The fourth-order valence-corrected chi connectivity index (χ4v) is 8.60. The minimum atomic E-state index is -0.707. The molecule has 1 amide bonds. The normalized spacial score (nSPS) is 36.0. The van der Waals surface area contributed by atoms with Crippen LogP contribution < -0.4 is 10.6 Å². The molecular weight excluding hydrogens is 526 g/mol. The van der Waals surface area contributed by atoms with E-state index in [2.05, 4.69) is 15.6 Å². The van der Waals surface area contributed by atoms with Crippen molar-refractivity contribution in [3.63, 3.8) is 0 Å². The molecule has 40 heavy (non-hydrogen) atoms. The first-order valence-electron chi connectivity index (χ1n) is 14.8. The first-order chi connectivity index (χ1) is 19.5. The summed E-state index contributed by atoms with van der Waals surface area (Å²) in [5, 5.41) is 8.17. The van der Waals surface area contributed by atoms with Crippen LogP contribution in [-0.2, 0) is 19.3 Å². The van der Waals surface area contributed by atoms with Crippen LogP contribution in [-0.4, -0.2) is 22.5 Å². The van der Waals surface area contributed by atoms with E-state index in [0.29, 0.717) is 42.5 Å². The summed E-state index contributed by atoms with van der Waals surface area (Å²) < 4.78 is 6.82. The Bertz CT molecular complexity index is 1440. The van der Waals surface area contributed by atoms with E-state index in [1.54, 1.807) is 6.20 Å². The number of nitrogens with zero attached hydrogens (tertiary/aromatic N) is 1. The van der Waals surface area contributed by atoms with Gasteiger partial charge >= 0.3 is 0 Å². The van der Waals surface area contributed by atoms with Gasteiger partial charge in [0, 0.05) is 64.3 Å². The van der Waals surface area contributed by atoms with Crippen LogP contribution in [0.15, 0.2) is 54.7 Å². The number of aromatic nitrogens is 1. The quantitative estimate of drug-likeness (QED) is 0.320. The maximum absolute atomic E-state index is 13.3. The van der Waals surface area contributed by atoms with E-state index in [4.69, 9.17) is 26.1 Å². The molecule has 9 rings (SSSR count). The molecule has 6 aliphatic rings. The molecule has 6 fully saturated rings. The Morgan fingerprint density at radius 3 is 2.42 bits per heavy atom. The summed E-state index contributed by atoms with van der Waals surface area (Å²) >= 11 is 6.17. The number of halogens is 1. The van der Waals surface area contributed by atoms with Crippen LogP contribution >= 0.6 is 11.6 Å². The van der Waals surface area contributed by atoms with Crippen molar-refractivity contribution in [1.29, 1.82) is 0 Å². The number of nitrogens with one attached hydrogen (secondary N) is 2. The number of pyridine rings is 1. The maximum Gasteiger partial charge on any atom is 0.227 e. The van der Waals surface area contributed by atoms with E-state index in [1.807, 2.05) is 48.5 Å². The Morgan fingerprint density at radius 2 is 1.68 bits per heavy atom. The minimum absolute atomic E-state index is 0.0330. The molecule has 5 aliphatic carbocycles. The Morgan fingerprint density at radius 1 is 0.900 bits per heavy atom. The Kier molecular flexibility index (Phi) is 5.89. The molecule has 1 aliphatic heterocycles. The highest BCUT2D eigenvalue weighted by molar-refractivity contribution is 6.30. The summed E-state index contributed by atoms with van der Waals surface area (Å²) in [4.78, 5) is 30.1. The van der Waals surface area contributed by atoms with Gasteiger partial charge < -0.3 is 15.4 Å². The van der Waals surface area contributed by atoms with Crippen molar-refractivity contribution >= 4 is 45.5 Å². The number of amides is 1. The van der Waals surface area contributed by atoms with E-state index >= 15 is 0 Å². The van der Waals surface area contributed by atoms with Crippen LogP contribution in [0.1, 0.15) is 57.8 Å². The largest absolute Gasteiger partial charge is 0.355 e. The number of hydrogen-bond donors (Lipinski definition) is 2. The van der Waals surface area contributed by atoms with Gasteiger partial charge in [-0.1, -0.05) is 17.7 Å². The smallest absolute Gasteiger partial charge is 0.227 e. The number of anilines is 3. The average molecular weight is 560 g/mol. The van der Waals surface area contributed by atoms with Crippen molar-refractivity contribution in [3.8, 4) is 0 Å². The van der Waals surface area contributed by atoms with Gasteiger partial charge in [0.05, 0.1) is 5.52 Å². The fraction of sp³-hybridized carbons (Fsp3) is 0.500. The van der Waals surface area contributed by atoms with E-state index in [1.165, 1.54) is 32.1 Å². The third kappa shape index (κ3) is 4.21. The van der Waals surface area contributed by atoms with Crippen molar-refractivity contribution < 1.29 is 19.3 Å². The van der Waals surface area contributed by atoms with Crippen LogP contribution in [0.2, 0.25) is 5.02 Å². The average Bonchev–Trinajstić information content (AvgIpc) is 3.32. The number of ether oxygens (including phenoxy) is 1. The number of hydrogen-bond acceptors (Lipinski definition) is 6. The van der Waals surface area contributed by atoms with Gasteiger partial charge in [-0.3, -0.25) is 9.78 Å². The lowest BCUT2D eigenvalue weighted by Crippen LogP contribution is -2.59. The molecule has 0 radical (unpaired) electrons. The van der Waals surface area contributed by atoms with E-state index in [0.717, 1.165) is 39.8 Å². The van der Waals surface area contributed by atoms with Gasteiger partial charge in [-0.25, -0.2) is 0 Å². The molecule has 2 N–H and O–H groups in total. The van der Waals surface area contributed by atoms with Crippen molar-refractivity contribution in [3.05, 3.63) is 59.8 Å². The maximum atomic E-state index is 13.3. The molecule has 0 atom stereocenters. The van der Waals surface area contributed by atoms with E-state index in [9.17, 15) is 4.79 Å². The highest BCUT2D eigenvalue weighted by Gasteiger charge is 2.66. The van der Waals surface area contributed by atoms with E-state index in [-0.39, 0.29) is 11.8 Å². The van der Waals surface area contributed by atoms with Gasteiger partial charge in [0.25, 0.3) is 0 Å². The Hall–Kier alpha value is -2.71. The second-order valence-corrected chi connectivity index (χ2v) is 13.1. The third-order valence-electron chi connectivity index (χ3n) is 10.2. The number of fused-ring (bicyclic) bond motifs is 1. The van der Waals surface area contributed by atoms with Crippen LogP contribution in [0.3, 0.4) is 0 Å². The van der Waals surface area contributed by atoms with Crippen LogP contribution in [0.4, 0.5) is 17.1 Å². The highest BCUT2D eigenvalue weighted by Crippen LogP contribution is 2.63. The van der Waals surface area contributed by atoms with Gasteiger partial charge in [0.15, 0.2) is 0 Å². The number of carbonyl (C=O) groups is 1. The molecule has 3 aromatic rings. The summed E-state index contributed by atoms with van der Waals surface area (Å²) in [5.74, 6) is 1.25. The number of rotatable bonds is 4. The first kappa shape index (κ1) is 25.0. The standard InChI is InChI=1S/C32H34ClN3O4/c33-24-2-1-3-25(17-24)35-29-8-11-34-28-5-4-26(18-27(28)29)36-30(37)21-6-9-31(10-7-21)38-32(40-39-31)22-13-19-12-20(15-22)16-23(32)14-19/h1-5,8,11,17-23H,6-7,9-10,12-16H2,(H,34,35)(H,36,37). The summed E-state index contributed by atoms with van der Waals surface area (Å²) in [6.07, 6.45) is 10.7. The SMILES string of the molecule is O=C(Nc1ccc2nccc(Nc3cccc(Cl)c3)c2c1)C1CCC2(CC1)OOC1(O2)C2CC3CC(C2)CC1C3. The number of benzene rings is 2. The van der Waals surface area contributed by atoms with Crippen molar-refractivity contribution in [2.45, 2.75) is 69.4 Å². The summed E-state index contributed by atoms with van der Waals surface area (Å²) in [5.41, 5.74) is 3.39. The molecule has 208 valence electrons. The lowest BCUT2D eigenvalue weighted by Gasteiger charge is -2.57. The topological polar surface area (TPSA) is 81.7 Å². The molecule has 1 saturated heterocycles. The Balaban J connectivity index is 0.937. The minimum Gasteiger partial charge on any atom is -0.355 e. The first-order valence-corrected chi connectivity index (χ1v) is 15.1. The molecule has 2 spiro atoms. The molecule has 5 saturated carbocycles. The molecule has 1 aromatic heterocycles.